The van der Waals surface area contributed by atoms with Gasteiger partial charge in [0.15, 0.2) is 0 Å². The molecular weight excluding hydrogens is 270 g/mol. The number of ether oxygens (including phenoxy) is 1. The quantitative estimate of drug-likeness (QED) is 0.786. The molecule has 0 radical (unpaired) electrons. The summed E-state index contributed by atoms with van der Waals surface area (Å²) in [5.74, 6) is 0.203. The van der Waals surface area contributed by atoms with Crippen molar-refractivity contribution in [2.24, 2.45) is 0 Å². The van der Waals surface area contributed by atoms with E-state index in [0.717, 1.165) is 0 Å². The van der Waals surface area contributed by atoms with Crippen LogP contribution in [0.25, 0.3) is 11.4 Å². The minimum atomic E-state index is -3.47. The predicted octanol–water partition coefficient (Wildman–Crippen LogP) is 0.255. The lowest BCUT2D eigenvalue weighted by molar-refractivity contribution is 0.217. The molecule has 0 saturated heterocycles. The first-order valence-electron chi connectivity index (χ1n) is 5.44. The second-order valence-electron chi connectivity index (χ2n) is 3.69. The Labute approximate surface area is 110 Å². The van der Waals surface area contributed by atoms with Crippen LogP contribution in [0.5, 0.6) is 0 Å². The fourth-order valence-corrected chi connectivity index (χ4v) is 2.46. The molecule has 2 aromatic rings. The van der Waals surface area contributed by atoms with Crippen LogP contribution in [-0.4, -0.2) is 48.5 Å². The Morgan fingerprint density at radius 2 is 2.16 bits per heavy atom. The lowest BCUT2D eigenvalue weighted by Gasteiger charge is -2.10. The molecule has 0 aliphatic rings. The molecule has 0 fully saturated rings. The summed E-state index contributed by atoms with van der Waals surface area (Å²) in [6.07, 6.45) is 0. The molecule has 19 heavy (non-hydrogen) atoms. The van der Waals surface area contributed by atoms with Gasteiger partial charge in [-0.25, -0.2) is 8.42 Å². The lowest BCUT2D eigenvalue weighted by Crippen LogP contribution is -2.20. The minimum absolute atomic E-state index is 0.121. The summed E-state index contributed by atoms with van der Waals surface area (Å²) in [5.41, 5.74) is 0.956. The largest absolute Gasteiger partial charge is 0.384 e. The highest BCUT2D eigenvalue weighted by Gasteiger charge is 2.15. The number of sulfonamides is 1. The first-order valence-corrected chi connectivity index (χ1v) is 7.10. The minimum Gasteiger partial charge on any atom is -0.384 e. The Hall–Kier alpha value is -2.00. The number of hydrogen-bond donors (Lipinski definition) is 2. The molecule has 1 heterocycles. The van der Waals surface area contributed by atoms with Gasteiger partial charge in [0.1, 0.15) is 0 Å². The van der Waals surface area contributed by atoms with Crippen molar-refractivity contribution >= 4 is 15.7 Å². The van der Waals surface area contributed by atoms with Gasteiger partial charge in [-0.1, -0.05) is 12.1 Å². The van der Waals surface area contributed by atoms with E-state index in [2.05, 4.69) is 25.3 Å². The number of anilines is 1. The summed E-state index contributed by atoms with van der Waals surface area (Å²) in [5, 5.41) is 13.4. The Balaban J connectivity index is 2.26. The SMILES string of the molecule is COCCS(=O)(=O)Nc1ccccc1-c1nn[nH]n1. The van der Waals surface area contributed by atoms with Gasteiger partial charge >= 0.3 is 0 Å². The highest BCUT2D eigenvalue weighted by Crippen LogP contribution is 2.24. The van der Waals surface area contributed by atoms with E-state index in [1.807, 2.05) is 0 Å². The Morgan fingerprint density at radius 1 is 1.37 bits per heavy atom. The van der Waals surface area contributed by atoms with Crippen molar-refractivity contribution in [3.63, 3.8) is 0 Å². The topological polar surface area (TPSA) is 110 Å². The maximum absolute atomic E-state index is 11.8. The van der Waals surface area contributed by atoms with Gasteiger partial charge in [0.2, 0.25) is 15.8 Å². The van der Waals surface area contributed by atoms with E-state index in [9.17, 15) is 8.42 Å². The molecule has 102 valence electrons. The van der Waals surface area contributed by atoms with Crippen molar-refractivity contribution < 1.29 is 13.2 Å². The normalized spacial score (nSPS) is 11.4. The summed E-state index contributed by atoms with van der Waals surface area (Å²) in [4.78, 5) is 0. The van der Waals surface area contributed by atoms with E-state index < -0.39 is 10.0 Å². The zero-order chi connectivity index (χ0) is 13.7. The summed E-state index contributed by atoms with van der Waals surface area (Å²) < 4.78 is 30.9. The van der Waals surface area contributed by atoms with Crippen LogP contribution in [0.1, 0.15) is 0 Å². The molecule has 8 nitrogen and oxygen atoms in total. The van der Waals surface area contributed by atoms with E-state index >= 15 is 0 Å². The van der Waals surface area contributed by atoms with Crippen LogP contribution >= 0.6 is 0 Å². The standard InChI is InChI=1S/C10H13N5O3S/c1-18-6-7-19(16,17)13-9-5-3-2-4-8(9)10-11-14-15-12-10/h2-5,13H,6-7H2,1H3,(H,11,12,14,15). The third-order valence-electron chi connectivity index (χ3n) is 2.33. The number of nitrogens with one attached hydrogen (secondary N) is 2. The molecule has 2 rings (SSSR count). The molecule has 0 unspecified atom stereocenters. The maximum Gasteiger partial charge on any atom is 0.235 e. The van der Waals surface area contributed by atoms with Crippen molar-refractivity contribution in [2.45, 2.75) is 0 Å². The van der Waals surface area contributed by atoms with Crippen LogP contribution in [0, 0.1) is 0 Å². The molecule has 0 aliphatic heterocycles. The zero-order valence-electron chi connectivity index (χ0n) is 10.2. The van der Waals surface area contributed by atoms with Gasteiger partial charge in [0, 0.05) is 12.7 Å². The molecule has 0 amide bonds. The molecular formula is C10H13N5O3S. The third-order valence-corrected chi connectivity index (χ3v) is 3.57. The van der Waals surface area contributed by atoms with Crippen molar-refractivity contribution in [2.75, 3.05) is 24.2 Å². The predicted molar refractivity (Wildman–Crippen MR) is 68.9 cm³/mol. The summed E-state index contributed by atoms with van der Waals surface area (Å²) >= 11 is 0. The molecule has 0 bridgehead atoms. The second kappa shape index (κ2) is 5.76. The number of methoxy groups -OCH3 is 1. The number of nitrogens with zero attached hydrogens (tertiary/aromatic N) is 3. The van der Waals surface area contributed by atoms with Gasteiger partial charge < -0.3 is 4.74 Å². The molecule has 1 aromatic carbocycles. The molecule has 0 atom stereocenters. The van der Waals surface area contributed by atoms with Crippen LogP contribution in [0.4, 0.5) is 5.69 Å². The Morgan fingerprint density at radius 3 is 2.84 bits per heavy atom. The smallest absolute Gasteiger partial charge is 0.235 e. The molecule has 0 saturated carbocycles. The summed E-state index contributed by atoms with van der Waals surface area (Å²) in [6, 6.07) is 6.82. The molecule has 2 N–H and O–H groups in total. The van der Waals surface area contributed by atoms with Crippen LogP contribution in [0.2, 0.25) is 0 Å². The molecule has 1 aromatic heterocycles. The average Bonchev–Trinajstić information content (AvgIpc) is 2.90. The van der Waals surface area contributed by atoms with Crippen molar-refractivity contribution in [3.05, 3.63) is 24.3 Å². The maximum atomic E-state index is 11.8. The number of H-pyrrole nitrogens is 1. The number of benzene rings is 1. The van der Waals surface area contributed by atoms with Crippen LogP contribution in [0.3, 0.4) is 0 Å². The van der Waals surface area contributed by atoms with E-state index in [0.29, 0.717) is 17.1 Å². The number of aromatic nitrogens is 4. The summed E-state index contributed by atoms with van der Waals surface area (Å²) in [6.45, 7) is 0.125. The highest BCUT2D eigenvalue weighted by atomic mass is 32.2. The molecule has 0 aliphatic carbocycles. The zero-order valence-corrected chi connectivity index (χ0v) is 11.0. The third kappa shape index (κ3) is 3.48. The number of tetrazole rings is 1. The van der Waals surface area contributed by atoms with Gasteiger partial charge in [0.25, 0.3) is 0 Å². The second-order valence-corrected chi connectivity index (χ2v) is 5.54. The van der Waals surface area contributed by atoms with E-state index in [4.69, 9.17) is 4.74 Å². The van der Waals surface area contributed by atoms with E-state index in [1.54, 1.807) is 24.3 Å². The van der Waals surface area contributed by atoms with E-state index in [1.165, 1.54) is 7.11 Å². The van der Waals surface area contributed by atoms with Crippen molar-refractivity contribution in [3.8, 4) is 11.4 Å². The first-order chi connectivity index (χ1) is 9.12. The number of aromatic amines is 1. The van der Waals surface area contributed by atoms with Gasteiger partial charge in [-0.15, -0.1) is 10.2 Å². The van der Waals surface area contributed by atoms with Gasteiger partial charge in [-0.05, 0) is 17.3 Å². The van der Waals surface area contributed by atoms with Crippen LogP contribution < -0.4 is 4.72 Å². The van der Waals surface area contributed by atoms with Gasteiger partial charge in [0.05, 0.1) is 18.0 Å². The summed E-state index contributed by atoms with van der Waals surface area (Å²) in [7, 11) is -2.02. The fourth-order valence-electron chi connectivity index (χ4n) is 1.45. The number of rotatable bonds is 6. The van der Waals surface area contributed by atoms with Gasteiger partial charge in [-0.2, -0.15) is 5.21 Å². The van der Waals surface area contributed by atoms with Crippen molar-refractivity contribution in [1.82, 2.24) is 20.6 Å². The Bertz CT molecular complexity index is 626. The van der Waals surface area contributed by atoms with Crippen LogP contribution in [0.15, 0.2) is 24.3 Å². The number of para-hydroxylation sites is 1. The van der Waals surface area contributed by atoms with Crippen LogP contribution in [-0.2, 0) is 14.8 Å². The lowest BCUT2D eigenvalue weighted by atomic mass is 10.2. The van der Waals surface area contributed by atoms with E-state index in [-0.39, 0.29) is 12.4 Å². The molecule has 9 heteroatoms. The highest BCUT2D eigenvalue weighted by molar-refractivity contribution is 7.92. The molecule has 0 spiro atoms. The monoisotopic (exact) mass is 283 g/mol. The fraction of sp³-hybridized carbons (Fsp3) is 0.300. The average molecular weight is 283 g/mol. The van der Waals surface area contributed by atoms with Gasteiger partial charge in [-0.3, -0.25) is 4.72 Å². The van der Waals surface area contributed by atoms with Crippen molar-refractivity contribution in [1.29, 1.82) is 0 Å². The Kier molecular flexibility index (Phi) is 4.07. The number of hydrogen-bond acceptors (Lipinski definition) is 6. The first kappa shape index (κ1) is 13.4.